The summed E-state index contributed by atoms with van der Waals surface area (Å²) >= 11 is 0. The first-order valence-corrected chi connectivity index (χ1v) is 14.0. The molecule has 1 N–H and O–H groups in total. The van der Waals surface area contributed by atoms with Gasteiger partial charge in [-0.05, 0) is 54.4 Å². The number of carbonyl (C=O) groups is 1. The van der Waals surface area contributed by atoms with E-state index in [-0.39, 0.29) is 11.9 Å². The van der Waals surface area contributed by atoms with E-state index < -0.39 is 5.79 Å². The number of ether oxygens (including phenoxy) is 2. The number of aryl methyl sites for hydroxylation is 1. The Labute approximate surface area is 231 Å². The van der Waals surface area contributed by atoms with E-state index in [2.05, 4.69) is 6.92 Å². The van der Waals surface area contributed by atoms with E-state index >= 15 is 4.39 Å². The molecule has 4 rings (SSSR count). The second-order valence-electron chi connectivity index (χ2n) is 10.4. The summed E-state index contributed by atoms with van der Waals surface area (Å²) in [7, 11) is 1.48. The van der Waals surface area contributed by atoms with Gasteiger partial charge in [0, 0.05) is 37.7 Å². The maximum atomic E-state index is 15.1. The predicted molar refractivity (Wildman–Crippen MR) is 152 cm³/mol. The van der Waals surface area contributed by atoms with Crippen molar-refractivity contribution in [2.75, 3.05) is 20.2 Å². The van der Waals surface area contributed by atoms with Crippen LogP contribution in [-0.2, 0) is 28.3 Å². The van der Waals surface area contributed by atoms with Crippen molar-refractivity contribution in [2.45, 2.75) is 64.3 Å². The lowest BCUT2D eigenvalue weighted by molar-refractivity contribution is -0.199. The lowest BCUT2D eigenvalue weighted by Gasteiger charge is -2.32. The molecule has 0 spiro atoms. The third-order valence-corrected chi connectivity index (χ3v) is 7.85. The average Bonchev–Trinajstić information content (AvgIpc) is 2.98. The second-order valence-corrected chi connectivity index (χ2v) is 10.4. The highest BCUT2D eigenvalue weighted by Gasteiger charge is 2.33. The van der Waals surface area contributed by atoms with Gasteiger partial charge in [0.2, 0.25) is 0 Å². The summed E-state index contributed by atoms with van der Waals surface area (Å²) in [4.78, 5) is 14.2. The Morgan fingerprint density at radius 1 is 1.00 bits per heavy atom. The Bertz CT molecular complexity index is 1210. The number of benzene rings is 3. The molecule has 5 nitrogen and oxygen atoms in total. The fourth-order valence-electron chi connectivity index (χ4n) is 5.45. The summed E-state index contributed by atoms with van der Waals surface area (Å²) in [6.07, 6.45) is 5.53. The highest BCUT2D eigenvalue weighted by atomic mass is 19.1. The number of rotatable bonds is 11. The van der Waals surface area contributed by atoms with E-state index in [0.29, 0.717) is 43.2 Å². The van der Waals surface area contributed by atoms with Crippen molar-refractivity contribution >= 4 is 6.09 Å². The molecule has 1 amide bonds. The lowest BCUT2D eigenvalue weighted by atomic mass is 9.88. The van der Waals surface area contributed by atoms with E-state index in [1.165, 1.54) is 13.2 Å². The molecular weight excluding hydrogens is 493 g/mol. The molecule has 3 aromatic rings. The number of hydrogen-bond donors (Lipinski definition) is 1. The van der Waals surface area contributed by atoms with Crippen LogP contribution in [0, 0.1) is 11.7 Å². The first kappa shape index (κ1) is 28.8. The van der Waals surface area contributed by atoms with E-state index in [9.17, 15) is 9.90 Å². The van der Waals surface area contributed by atoms with Crippen LogP contribution >= 0.6 is 0 Å². The Morgan fingerprint density at radius 2 is 1.72 bits per heavy atom. The first-order chi connectivity index (χ1) is 18.9. The van der Waals surface area contributed by atoms with Crippen LogP contribution in [0.4, 0.5) is 9.18 Å². The van der Waals surface area contributed by atoms with Gasteiger partial charge in [0.05, 0.1) is 0 Å². The molecule has 1 heterocycles. The first-order valence-electron chi connectivity index (χ1n) is 14.0. The van der Waals surface area contributed by atoms with Gasteiger partial charge in [-0.25, -0.2) is 9.18 Å². The summed E-state index contributed by atoms with van der Waals surface area (Å²) in [5, 5.41) is 11.5. The second kappa shape index (κ2) is 13.7. The van der Waals surface area contributed by atoms with E-state index in [1.54, 1.807) is 17.0 Å². The number of carbonyl (C=O) groups excluding carboxylic acids is 1. The maximum Gasteiger partial charge on any atom is 0.410 e. The summed E-state index contributed by atoms with van der Waals surface area (Å²) in [6.45, 7) is 3.75. The minimum Gasteiger partial charge on any atom is -0.445 e. The molecule has 1 unspecified atom stereocenters. The summed E-state index contributed by atoms with van der Waals surface area (Å²) < 4.78 is 26.2. The molecule has 1 fully saturated rings. The Morgan fingerprint density at radius 3 is 2.44 bits per heavy atom. The minimum atomic E-state index is -1.58. The summed E-state index contributed by atoms with van der Waals surface area (Å²) in [6, 6.07) is 22.3. The molecule has 1 saturated heterocycles. The largest absolute Gasteiger partial charge is 0.445 e. The zero-order valence-corrected chi connectivity index (χ0v) is 23.1. The molecule has 1 aliphatic rings. The van der Waals surface area contributed by atoms with Crippen LogP contribution in [0.5, 0.6) is 0 Å². The number of likely N-dealkylation sites (tertiary alicyclic amines) is 1. The van der Waals surface area contributed by atoms with Gasteiger partial charge >= 0.3 is 6.09 Å². The molecule has 208 valence electrons. The van der Waals surface area contributed by atoms with Gasteiger partial charge < -0.3 is 19.5 Å². The third kappa shape index (κ3) is 7.46. The van der Waals surface area contributed by atoms with Crippen molar-refractivity contribution in [3.8, 4) is 11.1 Å². The average molecular weight is 534 g/mol. The highest BCUT2D eigenvalue weighted by Crippen LogP contribution is 2.38. The number of methoxy groups -OCH3 is 1. The van der Waals surface area contributed by atoms with Gasteiger partial charge in [0.1, 0.15) is 12.4 Å². The number of halogens is 1. The number of nitrogens with zero attached hydrogens (tertiary/aromatic N) is 1. The van der Waals surface area contributed by atoms with Gasteiger partial charge in [-0.1, -0.05) is 86.5 Å². The molecule has 0 saturated carbocycles. The van der Waals surface area contributed by atoms with Gasteiger partial charge in [-0.3, -0.25) is 0 Å². The predicted octanol–water partition coefficient (Wildman–Crippen LogP) is 7.46. The molecular formula is C33H40FNO4. The molecule has 0 bridgehead atoms. The Hall–Kier alpha value is -3.22. The van der Waals surface area contributed by atoms with E-state index in [4.69, 9.17) is 9.47 Å². The van der Waals surface area contributed by atoms with E-state index in [0.717, 1.165) is 55.2 Å². The Kier molecular flexibility index (Phi) is 10.1. The number of aliphatic hydroxyl groups is 1. The molecule has 0 radical (unpaired) electrons. The normalized spacial score (nSPS) is 15.6. The van der Waals surface area contributed by atoms with Crippen LogP contribution in [0.25, 0.3) is 11.1 Å². The number of hydrogen-bond acceptors (Lipinski definition) is 4. The van der Waals surface area contributed by atoms with Gasteiger partial charge in [-0.2, -0.15) is 0 Å². The maximum absolute atomic E-state index is 15.1. The van der Waals surface area contributed by atoms with Crippen LogP contribution in [0.2, 0.25) is 0 Å². The number of piperidine rings is 1. The molecule has 1 aliphatic heterocycles. The van der Waals surface area contributed by atoms with Gasteiger partial charge in [0.25, 0.3) is 0 Å². The fourth-order valence-corrected chi connectivity index (χ4v) is 5.45. The van der Waals surface area contributed by atoms with Crippen LogP contribution in [0.15, 0.2) is 72.8 Å². The minimum absolute atomic E-state index is 0.252. The van der Waals surface area contributed by atoms with Crippen LogP contribution in [0.3, 0.4) is 0 Å². The topological polar surface area (TPSA) is 59.0 Å². The molecule has 3 aromatic carbocycles. The van der Waals surface area contributed by atoms with Crippen LogP contribution in [-0.4, -0.2) is 36.3 Å². The quantitative estimate of drug-likeness (QED) is 0.205. The highest BCUT2D eigenvalue weighted by molar-refractivity contribution is 5.70. The molecule has 1 atom stereocenters. The standard InChI is InChI=1S/C33H40FNO4/c1-3-25-14-9-15-28(23-25)31-29(16-10-17-30(31)34)33(37,38-2)20-8-7-11-26-18-21-35(22-19-26)32(36)39-24-27-12-5-4-6-13-27/h4-6,9-10,12-17,23,26,37H,3,7-8,11,18-22,24H2,1-2H3. The number of unbranched alkanes of at least 4 members (excludes halogenated alkanes) is 1. The zero-order valence-electron chi connectivity index (χ0n) is 23.1. The van der Waals surface area contributed by atoms with Crippen molar-refractivity contribution < 1.29 is 23.8 Å². The van der Waals surface area contributed by atoms with Crippen molar-refractivity contribution in [3.05, 3.63) is 95.3 Å². The zero-order chi connectivity index (χ0) is 27.7. The third-order valence-electron chi connectivity index (χ3n) is 7.85. The van der Waals surface area contributed by atoms with E-state index in [1.807, 2.05) is 54.6 Å². The monoisotopic (exact) mass is 533 g/mol. The van der Waals surface area contributed by atoms with Crippen molar-refractivity contribution in [1.82, 2.24) is 4.90 Å². The molecule has 0 aromatic heterocycles. The summed E-state index contributed by atoms with van der Waals surface area (Å²) in [5.41, 5.74) is 3.69. The van der Waals surface area contributed by atoms with Crippen molar-refractivity contribution in [1.29, 1.82) is 0 Å². The molecule has 6 heteroatoms. The van der Waals surface area contributed by atoms with Crippen molar-refractivity contribution in [3.63, 3.8) is 0 Å². The summed E-state index contributed by atoms with van der Waals surface area (Å²) in [5.74, 6) is -1.42. The van der Waals surface area contributed by atoms with Crippen LogP contribution in [0.1, 0.15) is 62.1 Å². The van der Waals surface area contributed by atoms with Gasteiger partial charge in [-0.15, -0.1) is 0 Å². The molecule has 39 heavy (non-hydrogen) atoms. The van der Waals surface area contributed by atoms with Crippen molar-refractivity contribution in [2.24, 2.45) is 5.92 Å². The fraction of sp³-hybridized carbons (Fsp3) is 0.424. The Balaban J connectivity index is 1.28. The van der Waals surface area contributed by atoms with Crippen LogP contribution < -0.4 is 0 Å². The smallest absolute Gasteiger partial charge is 0.410 e. The SMILES string of the molecule is CCc1cccc(-c2c(F)cccc2C(O)(CCCCC2CCN(C(=O)OCc3ccccc3)CC2)OC)c1. The van der Waals surface area contributed by atoms with Gasteiger partial charge in [0.15, 0.2) is 5.79 Å². The lowest BCUT2D eigenvalue weighted by Crippen LogP contribution is -2.38. The molecule has 0 aliphatic carbocycles. The number of amides is 1.